The zero-order valence-electron chi connectivity index (χ0n) is 38.8. The number of rotatable bonds is 10. The lowest BCUT2D eigenvalue weighted by molar-refractivity contribution is -0.403. The molecule has 0 spiro atoms. The van der Waals surface area contributed by atoms with Gasteiger partial charge in [-0.15, -0.1) is 46.5 Å². The van der Waals surface area contributed by atoms with Crippen molar-refractivity contribution in [3.8, 4) is 0 Å². The average molecular weight is 807 g/mol. The highest BCUT2D eigenvalue weighted by Crippen LogP contribution is 2.29. The number of nitrogens with zero attached hydrogens (tertiary/aromatic N) is 6. The molecule has 61 heavy (non-hydrogen) atoms. The molecular weight excluding hydrogens is 745 g/mol. The molecule has 6 rings (SSSR count). The quantitative estimate of drug-likeness (QED) is 0.0786. The Hall–Kier alpha value is -6.14. The molecule has 0 unspecified atom stereocenters. The summed E-state index contributed by atoms with van der Waals surface area (Å²) in [4.78, 5) is 19.9. The fourth-order valence-electron chi connectivity index (χ4n) is 7.55. The van der Waals surface area contributed by atoms with Gasteiger partial charge >= 0.3 is 0 Å². The molecule has 4 aromatic carbocycles. The van der Waals surface area contributed by atoms with Gasteiger partial charge in [0.2, 0.25) is 0 Å². The second-order valence-electron chi connectivity index (χ2n) is 18.5. The van der Waals surface area contributed by atoms with Crippen LogP contribution < -0.4 is 0 Å². The number of benzene rings is 4. The van der Waals surface area contributed by atoms with Gasteiger partial charge in [-0.3, -0.25) is 0 Å². The fraction of sp³-hybridized carbons (Fsp3) is 0.309. The van der Waals surface area contributed by atoms with Crippen LogP contribution in [0.3, 0.4) is 0 Å². The van der Waals surface area contributed by atoms with Gasteiger partial charge in [0.15, 0.2) is 11.4 Å². The summed E-state index contributed by atoms with van der Waals surface area (Å²) in [5, 5.41) is 0. The number of hydrogen-bond acceptors (Lipinski definition) is 4. The van der Waals surface area contributed by atoms with E-state index >= 15 is 0 Å². The second-order valence-corrected chi connectivity index (χ2v) is 18.5. The molecule has 6 heteroatoms. The molecular formula is C55H62N6. The fourth-order valence-corrected chi connectivity index (χ4v) is 7.55. The molecule has 6 nitrogen and oxygen atoms in total. The number of hydrogen-bond donors (Lipinski definition) is 0. The number of aliphatic imine (C=N–C) groups is 2. The van der Waals surface area contributed by atoms with Crippen molar-refractivity contribution in [2.24, 2.45) is 9.98 Å². The van der Waals surface area contributed by atoms with Crippen molar-refractivity contribution in [2.45, 2.75) is 100 Å². The van der Waals surface area contributed by atoms with Crippen LogP contribution in [0.15, 0.2) is 119 Å². The monoisotopic (exact) mass is 807 g/mol. The van der Waals surface area contributed by atoms with Crippen molar-refractivity contribution in [1.82, 2.24) is 9.97 Å². The molecule has 0 N–H and O–H groups in total. The predicted molar refractivity (Wildman–Crippen MR) is 257 cm³/mol. The third kappa shape index (κ3) is 11.2. The van der Waals surface area contributed by atoms with Gasteiger partial charge in [0, 0.05) is 12.4 Å². The summed E-state index contributed by atoms with van der Waals surface area (Å²) in [6.07, 6.45) is 7.89. The Morgan fingerprint density at radius 1 is 0.541 bits per heavy atom. The maximum atomic E-state index is 5.12. The zero-order chi connectivity index (χ0) is 44.2. The van der Waals surface area contributed by atoms with Gasteiger partial charge in [0.05, 0.1) is 36.9 Å². The first-order chi connectivity index (χ1) is 28.7. The van der Waals surface area contributed by atoms with Gasteiger partial charge in [-0.1, -0.05) is 125 Å². The van der Waals surface area contributed by atoms with Gasteiger partial charge in [-0.05, 0) is 104 Å². The van der Waals surface area contributed by atoms with Crippen molar-refractivity contribution in [3.05, 3.63) is 176 Å². The Bertz CT molecular complexity index is 2450. The van der Waals surface area contributed by atoms with Crippen LogP contribution in [0.25, 0.3) is 0 Å². The van der Waals surface area contributed by atoms with E-state index in [9.17, 15) is 0 Å². The largest absolute Gasteiger partial charge is 0.311 e. The molecule has 0 radical (unpaired) electrons. The van der Waals surface area contributed by atoms with E-state index in [1.54, 1.807) is 0 Å². The molecule has 0 bridgehead atoms. The summed E-state index contributed by atoms with van der Waals surface area (Å²) < 4.78 is 3.92. The summed E-state index contributed by atoms with van der Waals surface area (Å²) >= 11 is 0. The summed E-state index contributed by atoms with van der Waals surface area (Å²) in [6, 6.07) is 38.3. The highest BCUT2D eigenvalue weighted by atomic mass is 15.1. The lowest BCUT2D eigenvalue weighted by atomic mass is 9.87. The number of aryl methyl sites for hydroxylation is 4. The van der Waals surface area contributed by atoms with Gasteiger partial charge < -0.3 is 9.15 Å². The molecule has 0 aliphatic carbocycles. The van der Waals surface area contributed by atoms with E-state index < -0.39 is 0 Å². The van der Waals surface area contributed by atoms with E-state index in [4.69, 9.17) is 20.0 Å². The van der Waals surface area contributed by atoms with Crippen LogP contribution in [0.2, 0.25) is 0 Å². The Balaban J connectivity index is 1.16. The lowest BCUT2D eigenvalue weighted by Gasteiger charge is -2.20. The van der Waals surface area contributed by atoms with Crippen LogP contribution >= 0.6 is 0 Å². The Morgan fingerprint density at radius 2 is 0.967 bits per heavy atom. The Morgan fingerprint density at radius 3 is 1.44 bits per heavy atom. The first-order valence-corrected chi connectivity index (χ1v) is 21.2. The third-order valence-corrected chi connectivity index (χ3v) is 11.1. The first kappa shape index (κ1) is 44.4. The molecule has 0 atom stereocenters. The van der Waals surface area contributed by atoms with Gasteiger partial charge in [0.25, 0.3) is 11.6 Å². The summed E-state index contributed by atoms with van der Waals surface area (Å²) in [5.41, 5.74) is 17.4. The van der Waals surface area contributed by atoms with Crippen LogP contribution in [0.1, 0.15) is 122 Å². The molecule has 312 valence electrons. The van der Waals surface area contributed by atoms with E-state index in [0.29, 0.717) is 0 Å². The summed E-state index contributed by atoms with van der Waals surface area (Å²) in [5.74, 6) is 1.63. The van der Waals surface area contributed by atoms with Gasteiger partial charge in [-0.25, -0.2) is 9.98 Å². The summed E-state index contributed by atoms with van der Waals surface area (Å²) in [7, 11) is 3.99. The van der Waals surface area contributed by atoms with Crippen molar-refractivity contribution >= 4 is 46.9 Å². The second kappa shape index (κ2) is 18.2. The molecule has 0 aliphatic heterocycles. The Labute approximate surface area is 365 Å². The van der Waals surface area contributed by atoms with Crippen LogP contribution in [0.5, 0.6) is 0 Å². The van der Waals surface area contributed by atoms with E-state index in [0.717, 1.165) is 74.5 Å². The number of aromatic nitrogens is 2. The van der Waals surface area contributed by atoms with E-state index in [2.05, 4.69) is 154 Å². The molecule has 0 fully saturated rings. The minimum atomic E-state index is 0.105. The molecule has 0 amide bonds. The standard InChI is InChI=1S/C55H62N6/c1-36-29-43(30-37(2)48(36)35-61(14)52-20-15-17-49(58-52)40(5)56-47-27-25-46(26-28-47)55(10,11)12)33-44-31-38(3)53(39(4)32-44)57-41(6)50-18-16-19-51(59-50)60(13)34-42-21-23-45(24-22-42)54(7,8)9/h15-32H,33H2,1-14H3. The molecule has 6 aromatic rings. The molecule has 0 saturated heterocycles. The number of pyridine rings is 2. The SMILES string of the molecule is CC(=Nc1ccc(C(C)(C)C)cc1)c1cccc([N+](C)=[C-]c2c(C)cc(Cc3cc(C)c(N=C(C)c4cccc([N+](C)=[C-]c5ccc(C(C)(C)C)cc5)n4)c(C)c3)cc2C)n1. The molecule has 0 aliphatic rings. The smallest absolute Gasteiger partial charge is 0.252 e. The average Bonchev–Trinajstić information content (AvgIpc) is 3.20. The van der Waals surface area contributed by atoms with Crippen LogP contribution in [-0.2, 0) is 17.3 Å². The van der Waals surface area contributed by atoms with Crippen LogP contribution in [-0.4, -0.2) is 57.1 Å². The van der Waals surface area contributed by atoms with E-state index in [1.165, 1.54) is 33.4 Å². The molecule has 0 saturated carbocycles. The van der Waals surface area contributed by atoms with Crippen molar-refractivity contribution in [1.29, 1.82) is 0 Å². The highest BCUT2D eigenvalue weighted by molar-refractivity contribution is 5.99. The zero-order valence-corrected chi connectivity index (χ0v) is 38.8. The Kier molecular flexibility index (Phi) is 13.3. The first-order valence-electron chi connectivity index (χ1n) is 21.2. The van der Waals surface area contributed by atoms with Crippen LogP contribution in [0, 0.1) is 27.7 Å². The maximum Gasteiger partial charge on any atom is 0.252 e. The van der Waals surface area contributed by atoms with E-state index in [-0.39, 0.29) is 10.8 Å². The third-order valence-electron chi connectivity index (χ3n) is 11.1. The highest BCUT2D eigenvalue weighted by Gasteiger charge is 2.16. The van der Waals surface area contributed by atoms with Crippen molar-refractivity contribution < 1.29 is 9.15 Å². The minimum Gasteiger partial charge on any atom is -0.311 e. The van der Waals surface area contributed by atoms with E-state index in [1.807, 2.05) is 73.5 Å². The summed E-state index contributed by atoms with van der Waals surface area (Å²) in [6.45, 7) is 26.0. The maximum absolute atomic E-state index is 5.12. The van der Waals surface area contributed by atoms with Crippen LogP contribution in [0.4, 0.5) is 23.0 Å². The topological polar surface area (TPSA) is 56.5 Å². The minimum absolute atomic E-state index is 0.105. The molecule has 2 heterocycles. The molecule has 2 aromatic heterocycles. The van der Waals surface area contributed by atoms with Gasteiger partial charge in [0.1, 0.15) is 0 Å². The van der Waals surface area contributed by atoms with Gasteiger partial charge in [-0.2, -0.15) is 0 Å². The normalized spacial score (nSPS) is 13.2. The predicted octanol–water partition coefficient (Wildman–Crippen LogP) is 12.7. The van der Waals surface area contributed by atoms with Crippen molar-refractivity contribution in [2.75, 3.05) is 14.1 Å². The van der Waals surface area contributed by atoms with Crippen molar-refractivity contribution in [3.63, 3.8) is 0 Å². The lowest BCUT2D eigenvalue weighted by Crippen LogP contribution is -2.11.